The third kappa shape index (κ3) is 3.21. The van der Waals surface area contributed by atoms with E-state index in [0.717, 1.165) is 16.2 Å². The first-order chi connectivity index (χ1) is 8.88. The number of hydrogen-bond acceptors (Lipinski definition) is 5. The van der Waals surface area contributed by atoms with Crippen LogP contribution in [0, 0.1) is 6.92 Å². The first-order valence-electron chi connectivity index (χ1n) is 5.50. The van der Waals surface area contributed by atoms with Gasteiger partial charge in [-0.15, -0.1) is 11.3 Å². The van der Waals surface area contributed by atoms with Crippen molar-refractivity contribution >= 4 is 27.2 Å². The van der Waals surface area contributed by atoms with Crippen molar-refractivity contribution in [3.8, 4) is 5.75 Å². The van der Waals surface area contributed by atoms with Gasteiger partial charge in [0.15, 0.2) is 9.99 Å². The Morgan fingerprint density at radius 2 is 1.74 bits per heavy atom. The van der Waals surface area contributed by atoms with E-state index < -0.39 is 10.1 Å². The molecule has 0 atom stereocenters. The Kier molecular flexibility index (Phi) is 3.73. The summed E-state index contributed by atoms with van der Waals surface area (Å²) in [5, 5.41) is 0. The summed E-state index contributed by atoms with van der Waals surface area (Å²) in [5.74, 6) is 0.111. The summed E-state index contributed by atoms with van der Waals surface area (Å²) in [7, 11) is -3.79. The van der Waals surface area contributed by atoms with Gasteiger partial charge in [0, 0.05) is 10.4 Å². The van der Waals surface area contributed by atoms with Crippen LogP contribution < -0.4 is 4.18 Å². The highest BCUT2D eigenvalue weighted by atomic mass is 32.3. The Morgan fingerprint density at radius 1 is 1.11 bits per heavy atom. The second kappa shape index (κ2) is 5.14. The maximum atomic E-state index is 12.0. The van der Waals surface area contributed by atoms with Crippen LogP contribution in [0.4, 0.5) is 0 Å². The molecule has 19 heavy (non-hydrogen) atoms. The number of Topliss-reactive ketones (excluding diaryl/α,β-unsaturated/α-hetero) is 1. The lowest BCUT2D eigenvalue weighted by molar-refractivity contribution is 0.101. The molecule has 0 unspecified atom stereocenters. The highest BCUT2D eigenvalue weighted by Crippen LogP contribution is 2.24. The molecule has 0 N–H and O–H groups in total. The van der Waals surface area contributed by atoms with Crippen LogP contribution in [-0.2, 0) is 10.1 Å². The summed E-state index contributed by atoms with van der Waals surface area (Å²) in [6, 6.07) is 9.24. The van der Waals surface area contributed by atoms with Crippen molar-refractivity contribution in [1.29, 1.82) is 0 Å². The standard InChI is InChI=1S/C13H12O4S2/c1-9-3-8-13(18-9)19(15,16)17-12-6-4-11(5-7-12)10(2)14/h3-8H,1-2H3. The SMILES string of the molecule is CC(=O)c1ccc(OS(=O)(=O)c2ccc(C)s2)cc1. The van der Waals surface area contributed by atoms with Gasteiger partial charge in [0.2, 0.25) is 0 Å². The lowest BCUT2D eigenvalue weighted by Gasteiger charge is -2.05. The van der Waals surface area contributed by atoms with Gasteiger partial charge < -0.3 is 4.18 Å². The van der Waals surface area contributed by atoms with Crippen LogP contribution in [0.25, 0.3) is 0 Å². The molecule has 1 aromatic carbocycles. The molecule has 1 aromatic heterocycles. The van der Waals surface area contributed by atoms with Crippen molar-refractivity contribution in [3.63, 3.8) is 0 Å². The van der Waals surface area contributed by atoms with Gasteiger partial charge in [0.25, 0.3) is 0 Å². The smallest absolute Gasteiger partial charge is 0.348 e. The Morgan fingerprint density at radius 3 is 2.21 bits per heavy atom. The van der Waals surface area contributed by atoms with Crippen LogP contribution in [-0.4, -0.2) is 14.2 Å². The zero-order valence-corrected chi connectivity index (χ0v) is 12.0. The summed E-state index contributed by atoms with van der Waals surface area (Å²) in [4.78, 5) is 12.0. The van der Waals surface area contributed by atoms with Crippen molar-refractivity contribution in [3.05, 3.63) is 46.8 Å². The van der Waals surface area contributed by atoms with E-state index in [1.807, 2.05) is 6.92 Å². The molecule has 0 bridgehead atoms. The molecule has 0 aliphatic rings. The van der Waals surface area contributed by atoms with Gasteiger partial charge in [-0.3, -0.25) is 4.79 Å². The molecule has 0 radical (unpaired) electrons. The normalized spacial score (nSPS) is 11.3. The predicted molar refractivity (Wildman–Crippen MR) is 73.3 cm³/mol. The van der Waals surface area contributed by atoms with Gasteiger partial charge in [0.1, 0.15) is 5.75 Å². The van der Waals surface area contributed by atoms with Crippen molar-refractivity contribution in [2.75, 3.05) is 0 Å². The summed E-state index contributed by atoms with van der Waals surface area (Å²) >= 11 is 1.15. The fourth-order valence-corrected chi connectivity index (χ4v) is 3.63. The quantitative estimate of drug-likeness (QED) is 0.642. The molecule has 0 spiro atoms. The summed E-state index contributed by atoms with van der Waals surface area (Å²) in [5.41, 5.74) is 0.511. The zero-order chi connectivity index (χ0) is 14.0. The topological polar surface area (TPSA) is 60.4 Å². The predicted octanol–water partition coefficient (Wildman–Crippen LogP) is 3.03. The van der Waals surface area contributed by atoms with E-state index in [1.165, 1.54) is 37.3 Å². The molecule has 0 saturated carbocycles. The first-order valence-corrected chi connectivity index (χ1v) is 7.73. The second-order valence-corrected chi connectivity index (χ2v) is 7.04. The highest BCUT2D eigenvalue weighted by molar-refractivity contribution is 7.89. The van der Waals surface area contributed by atoms with Gasteiger partial charge in [0.05, 0.1) is 0 Å². The summed E-state index contributed by atoms with van der Waals surface area (Å²) in [6.07, 6.45) is 0. The minimum Gasteiger partial charge on any atom is -0.378 e. The molecule has 4 nitrogen and oxygen atoms in total. The minimum atomic E-state index is -3.79. The van der Waals surface area contributed by atoms with Crippen molar-refractivity contribution in [2.24, 2.45) is 0 Å². The van der Waals surface area contributed by atoms with E-state index in [1.54, 1.807) is 6.07 Å². The van der Waals surface area contributed by atoms with Crippen molar-refractivity contribution in [1.82, 2.24) is 0 Å². The van der Waals surface area contributed by atoms with Crippen LogP contribution >= 0.6 is 11.3 Å². The fraction of sp³-hybridized carbons (Fsp3) is 0.154. The molecule has 6 heteroatoms. The van der Waals surface area contributed by atoms with Gasteiger partial charge >= 0.3 is 10.1 Å². The van der Waals surface area contributed by atoms with E-state index in [4.69, 9.17) is 4.18 Å². The number of hydrogen-bond donors (Lipinski definition) is 0. The van der Waals surface area contributed by atoms with E-state index in [-0.39, 0.29) is 15.7 Å². The Labute approximate surface area is 115 Å². The number of rotatable bonds is 4. The third-order valence-electron chi connectivity index (χ3n) is 2.43. The molecular weight excluding hydrogens is 284 g/mol. The van der Waals surface area contributed by atoms with Crippen molar-refractivity contribution in [2.45, 2.75) is 18.1 Å². The molecule has 100 valence electrons. The maximum absolute atomic E-state index is 12.0. The van der Waals surface area contributed by atoms with Gasteiger partial charge in [-0.05, 0) is 50.2 Å². The molecule has 2 aromatic rings. The third-order valence-corrected chi connectivity index (χ3v) is 5.13. The van der Waals surface area contributed by atoms with E-state index in [9.17, 15) is 13.2 Å². The Bertz CT molecular complexity index is 696. The molecule has 0 aliphatic carbocycles. The van der Waals surface area contributed by atoms with Crippen LogP contribution in [0.15, 0.2) is 40.6 Å². The zero-order valence-electron chi connectivity index (χ0n) is 10.4. The van der Waals surface area contributed by atoms with Gasteiger partial charge in [-0.25, -0.2) is 0 Å². The van der Waals surface area contributed by atoms with E-state index in [0.29, 0.717) is 5.56 Å². The van der Waals surface area contributed by atoms with Crippen LogP contribution in [0.1, 0.15) is 22.2 Å². The largest absolute Gasteiger partial charge is 0.378 e. The van der Waals surface area contributed by atoms with E-state index in [2.05, 4.69) is 0 Å². The average Bonchev–Trinajstić information content (AvgIpc) is 2.77. The molecular formula is C13H12O4S2. The van der Waals surface area contributed by atoms with Crippen LogP contribution in [0.5, 0.6) is 5.75 Å². The lowest BCUT2D eigenvalue weighted by Crippen LogP contribution is -2.08. The molecule has 1 heterocycles. The average molecular weight is 296 g/mol. The lowest BCUT2D eigenvalue weighted by atomic mass is 10.1. The maximum Gasteiger partial charge on any atom is 0.348 e. The molecule has 0 amide bonds. The molecule has 0 fully saturated rings. The number of ketones is 1. The summed E-state index contributed by atoms with van der Waals surface area (Å²) < 4.78 is 29.1. The Balaban J connectivity index is 2.23. The Hall–Kier alpha value is -1.66. The monoisotopic (exact) mass is 296 g/mol. The van der Waals surface area contributed by atoms with Gasteiger partial charge in [-0.2, -0.15) is 8.42 Å². The highest BCUT2D eigenvalue weighted by Gasteiger charge is 2.18. The first kappa shape index (κ1) is 13.8. The molecule has 0 saturated heterocycles. The summed E-state index contributed by atoms with van der Waals surface area (Å²) in [6.45, 7) is 3.27. The molecule has 0 aliphatic heterocycles. The minimum absolute atomic E-state index is 0.0803. The van der Waals surface area contributed by atoms with Crippen molar-refractivity contribution < 1.29 is 17.4 Å². The number of benzene rings is 1. The number of thiophene rings is 1. The van der Waals surface area contributed by atoms with Crippen LogP contribution in [0.2, 0.25) is 0 Å². The number of aryl methyl sites for hydroxylation is 1. The number of carbonyl (C=O) groups is 1. The van der Waals surface area contributed by atoms with Crippen LogP contribution in [0.3, 0.4) is 0 Å². The second-order valence-electron chi connectivity index (χ2n) is 3.98. The van der Waals surface area contributed by atoms with Gasteiger partial charge in [-0.1, -0.05) is 0 Å². The number of carbonyl (C=O) groups excluding carboxylic acids is 1. The fourth-order valence-electron chi connectivity index (χ4n) is 1.46. The molecule has 2 rings (SSSR count). The van der Waals surface area contributed by atoms with E-state index >= 15 is 0 Å².